The van der Waals surface area contributed by atoms with Crippen LogP contribution in [0.4, 0.5) is 0 Å². The first-order valence-electron chi connectivity index (χ1n) is 20.6. The van der Waals surface area contributed by atoms with Gasteiger partial charge in [0.2, 0.25) is 0 Å². The van der Waals surface area contributed by atoms with Crippen LogP contribution in [0.3, 0.4) is 0 Å². The van der Waals surface area contributed by atoms with Crippen molar-refractivity contribution in [3.8, 4) is 0 Å². The Morgan fingerprint density at radius 2 is 1.00 bits per heavy atom. The summed E-state index contributed by atoms with van der Waals surface area (Å²) in [7, 11) is 0. The summed E-state index contributed by atoms with van der Waals surface area (Å²) in [4.78, 5) is 36.3. The van der Waals surface area contributed by atoms with E-state index in [1.54, 1.807) is 6.08 Å². The SMILES string of the molecule is CCCCC/C=C\C/C=C\C/C=C\C=C\C(=O)CCCC(=O)O[C@@H](CO)COC(=O)CCCCCCCCCCCCCCCCCCCC. The van der Waals surface area contributed by atoms with Gasteiger partial charge in [0, 0.05) is 19.3 Å². The number of allylic oxidation sites excluding steroid dienone is 8. The van der Waals surface area contributed by atoms with Crippen molar-refractivity contribution in [1.82, 2.24) is 0 Å². The van der Waals surface area contributed by atoms with E-state index < -0.39 is 18.7 Å². The minimum Gasteiger partial charge on any atom is -0.462 e. The minimum atomic E-state index is -0.886. The number of esters is 2. The van der Waals surface area contributed by atoms with Crippen LogP contribution in [-0.4, -0.2) is 42.1 Å². The Morgan fingerprint density at radius 1 is 0.520 bits per heavy atom. The monoisotopic (exact) mass is 701 g/mol. The summed E-state index contributed by atoms with van der Waals surface area (Å²) in [6, 6.07) is 0. The van der Waals surface area contributed by atoms with E-state index in [0.717, 1.165) is 38.5 Å². The third-order valence-electron chi connectivity index (χ3n) is 8.85. The highest BCUT2D eigenvalue weighted by molar-refractivity contribution is 5.90. The first kappa shape index (κ1) is 47.5. The quantitative estimate of drug-likeness (QED) is 0.0228. The summed E-state index contributed by atoms with van der Waals surface area (Å²) in [5, 5.41) is 9.54. The summed E-state index contributed by atoms with van der Waals surface area (Å²) >= 11 is 0. The number of ether oxygens (including phenoxy) is 2. The van der Waals surface area contributed by atoms with E-state index in [0.29, 0.717) is 12.8 Å². The second-order valence-electron chi connectivity index (χ2n) is 13.8. The van der Waals surface area contributed by atoms with Crippen molar-refractivity contribution in [2.24, 2.45) is 0 Å². The molecule has 6 nitrogen and oxygen atoms in total. The zero-order valence-electron chi connectivity index (χ0n) is 32.4. The molecule has 0 aliphatic heterocycles. The average molecular weight is 701 g/mol. The molecule has 1 N–H and O–H groups in total. The molecule has 0 rings (SSSR count). The van der Waals surface area contributed by atoms with Crippen molar-refractivity contribution in [3.63, 3.8) is 0 Å². The lowest BCUT2D eigenvalue weighted by Crippen LogP contribution is -2.28. The Morgan fingerprint density at radius 3 is 1.56 bits per heavy atom. The fraction of sp³-hybridized carbons (Fsp3) is 0.750. The van der Waals surface area contributed by atoms with Crippen molar-refractivity contribution in [2.45, 2.75) is 200 Å². The van der Waals surface area contributed by atoms with Gasteiger partial charge in [-0.25, -0.2) is 0 Å². The third-order valence-corrected chi connectivity index (χ3v) is 8.85. The van der Waals surface area contributed by atoms with Crippen molar-refractivity contribution < 1.29 is 29.0 Å². The molecular weight excluding hydrogens is 624 g/mol. The summed E-state index contributed by atoms with van der Waals surface area (Å²) < 4.78 is 10.5. The number of rotatable bonds is 37. The van der Waals surface area contributed by atoms with E-state index in [9.17, 15) is 19.5 Å². The molecule has 6 heteroatoms. The molecule has 0 heterocycles. The largest absolute Gasteiger partial charge is 0.462 e. The lowest BCUT2D eigenvalue weighted by atomic mass is 10.0. The van der Waals surface area contributed by atoms with Crippen molar-refractivity contribution in [1.29, 1.82) is 0 Å². The number of ketones is 1. The van der Waals surface area contributed by atoms with Crippen LogP contribution in [0, 0.1) is 0 Å². The van der Waals surface area contributed by atoms with Gasteiger partial charge in [-0.05, 0) is 44.6 Å². The van der Waals surface area contributed by atoms with Gasteiger partial charge in [0.25, 0.3) is 0 Å². The van der Waals surface area contributed by atoms with Gasteiger partial charge >= 0.3 is 11.9 Å². The molecule has 0 amide bonds. The molecule has 0 aromatic carbocycles. The minimum absolute atomic E-state index is 0.0570. The lowest BCUT2D eigenvalue weighted by molar-refractivity contribution is -0.161. The van der Waals surface area contributed by atoms with E-state index in [2.05, 4.69) is 38.2 Å². The Balaban J connectivity index is 3.71. The molecular formula is C44H76O6. The van der Waals surface area contributed by atoms with E-state index in [1.165, 1.54) is 122 Å². The fourth-order valence-electron chi connectivity index (χ4n) is 5.68. The zero-order chi connectivity index (χ0) is 36.6. The van der Waals surface area contributed by atoms with Gasteiger partial charge in [0.15, 0.2) is 11.9 Å². The number of carbonyl (C=O) groups is 3. The number of aliphatic hydroxyl groups excluding tert-OH is 1. The molecule has 50 heavy (non-hydrogen) atoms. The highest BCUT2D eigenvalue weighted by Crippen LogP contribution is 2.15. The summed E-state index contributed by atoms with van der Waals surface area (Å²) in [6.45, 7) is 3.91. The molecule has 0 aliphatic rings. The van der Waals surface area contributed by atoms with Crippen LogP contribution >= 0.6 is 0 Å². The molecule has 0 bridgehead atoms. The Bertz CT molecular complexity index is 902. The van der Waals surface area contributed by atoms with Crippen LogP contribution in [0.25, 0.3) is 0 Å². The van der Waals surface area contributed by atoms with E-state index >= 15 is 0 Å². The van der Waals surface area contributed by atoms with Crippen LogP contribution < -0.4 is 0 Å². The maximum Gasteiger partial charge on any atom is 0.306 e. The second kappa shape index (κ2) is 39.3. The van der Waals surface area contributed by atoms with E-state index in [1.807, 2.05) is 12.2 Å². The maximum atomic E-state index is 12.2. The second-order valence-corrected chi connectivity index (χ2v) is 13.8. The molecule has 0 aromatic rings. The number of hydrogen-bond donors (Lipinski definition) is 1. The molecule has 1 atom stereocenters. The lowest BCUT2D eigenvalue weighted by Gasteiger charge is -2.15. The zero-order valence-corrected chi connectivity index (χ0v) is 32.4. The molecule has 0 unspecified atom stereocenters. The van der Waals surface area contributed by atoms with Crippen molar-refractivity contribution in [3.05, 3.63) is 48.6 Å². The van der Waals surface area contributed by atoms with Crippen LogP contribution in [-0.2, 0) is 23.9 Å². The Kier molecular flexibility index (Phi) is 37.4. The summed E-state index contributed by atoms with van der Waals surface area (Å²) in [5.41, 5.74) is 0. The highest BCUT2D eigenvalue weighted by atomic mass is 16.6. The number of carbonyl (C=O) groups excluding carboxylic acids is 3. The standard InChI is InChI=1S/C44H76O6/c1-3-5-7-9-11-13-15-17-18-19-20-21-23-25-27-29-31-33-37-43(47)49-40-42(39-45)50-44(48)38-34-36-41(46)35-32-30-28-26-24-22-16-14-12-10-8-6-4-2/h12,14,22,24,28,30,32,35,42,45H,3-11,13,15-21,23,25-27,29,31,33-34,36-40H2,1-2H3/b14-12-,24-22-,30-28-,35-32+/t42-/m0/s1. The summed E-state index contributed by atoms with van der Waals surface area (Å²) in [5.74, 6) is -0.898. The smallest absolute Gasteiger partial charge is 0.306 e. The number of hydrogen-bond acceptors (Lipinski definition) is 6. The van der Waals surface area contributed by atoms with Crippen molar-refractivity contribution >= 4 is 17.7 Å². The Labute approximate surface area is 307 Å². The fourth-order valence-corrected chi connectivity index (χ4v) is 5.68. The maximum absolute atomic E-state index is 12.2. The van der Waals surface area contributed by atoms with Crippen LogP contribution in [0.2, 0.25) is 0 Å². The summed E-state index contributed by atoms with van der Waals surface area (Å²) in [6.07, 6.45) is 46.0. The van der Waals surface area contributed by atoms with Gasteiger partial charge in [-0.3, -0.25) is 14.4 Å². The van der Waals surface area contributed by atoms with Crippen LogP contribution in [0.1, 0.15) is 194 Å². The van der Waals surface area contributed by atoms with Crippen LogP contribution in [0.15, 0.2) is 48.6 Å². The molecule has 0 saturated heterocycles. The normalized spacial score (nSPS) is 12.5. The van der Waals surface area contributed by atoms with Gasteiger partial charge in [0.05, 0.1) is 6.61 Å². The molecule has 0 spiro atoms. The average Bonchev–Trinajstić information content (AvgIpc) is 3.11. The van der Waals surface area contributed by atoms with Gasteiger partial charge in [-0.15, -0.1) is 0 Å². The predicted molar refractivity (Wildman–Crippen MR) is 210 cm³/mol. The molecule has 0 radical (unpaired) electrons. The predicted octanol–water partition coefficient (Wildman–Crippen LogP) is 12.2. The number of unbranched alkanes of at least 4 members (excludes halogenated alkanes) is 20. The van der Waals surface area contributed by atoms with Crippen LogP contribution in [0.5, 0.6) is 0 Å². The first-order chi connectivity index (χ1) is 24.5. The molecule has 288 valence electrons. The van der Waals surface area contributed by atoms with Gasteiger partial charge < -0.3 is 14.6 Å². The molecule has 0 saturated carbocycles. The van der Waals surface area contributed by atoms with E-state index in [4.69, 9.17) is 9.47 Å². The first-order valence-corrected chi connectivity index (χ1v) is 20.6. The van der Waals surface area contributed by atoms with Crippen molar-refractivity contribution in [2.75, 3.05) is 13.2 Å². The Hall–Kier alpha value is -2.47. The third kappa shape index (κ3) is 36.8. The highest BCUT2D eigenvalue weighted by Gasteiger charge is 2.16. The van der Waals surface area contributed by atoms with Gasteiger partial charge in [-0.2, -0.15) is 0 Å². The molecule has 0 aliphatic carbocycles. The number of aliphatic hydroxyl groups is 1. The molecule has 0 fully saturated rings. The van der Waals surface area contributed by atoms with Gasteiger partial charge in [0.1, 0.15) is 6.61 Å². The van der Waals surface area contributed by atoms with Gasteiger partial charge in [-0.1, -0.05) is 178 Å². The topological polar surface area (TPSA) is 89.9 Å². The molecule has 0 aromatic heterocycles. The van der Waals surface area contributed by atoms with E-state index in [-0.39, 0.29) is 31.2 Å².